The van der Waals surface area contributed by atoms with Crippen LogP contribution in [0.1, 0.15) is 65.6 Å². The van der Waals surface area contributed by atoms with Crippen LogP contribution in [0.25, 0.3) is 0 Å². The number of carbonyl (C=O) groups excluding carboxylic acids is 2. The number of rotatable bonds is 6. The highest BCUT2D eigenvalue weighted by molar-refractivity contribution is 5.97. The molecule has 2 aliphatic rings. The van der Waals surface area contributed by atoms with Crippen LogP contribution in [0.4, 0.5) is 10.5 Å². The Morgan fingerprint density at radius 2 is 1.83 bits per heavy atom. The Morgan fingerprint density at radius 1 is 1.09 bits per heavy atom. The summed E-state index contributed by atoms with van der Waals surface area (Å²) in [6.45, 7) is 7.18. The van der Waals surface area contributed by atoms with Crippen molar-refractivity contribution in [3.63, 3.8) is 0 Å². The van der Waals surface area contributed by atoms with Gasteiger partial charge in [-0.1, -0.05) is 18.2 Å². The van der Waals surface area contributed by atoms with Gasteiger partial charge in [-0.15, -0.1) is 0 Å². The van der Waals surface area contributed by atoms with E-state index in [-0.39, 0.29) is 18.0 Å². The van der Waals surface area contributed by atoms with Gasteiger partial charge < -0.3 is 19.9 Å². The van der Waals surface area contributed by atoms with Crippen molar-refractivity contribution in [1.82, 2.24) is 9.80 Å². The zero-order valence-electron chi connectivity index (χ0n) is 20.6. The van der Waals surface area contributed by atoms with Crippen LogP contribution in [0.2, 0.25) is 0 Å². The number of amides is 3. The molecule has 2 aromatic rings. The minimum Gasteiger partial charge on any atom is -0.380 e. The maximum Gasteiger partial charge on any atom is 0.322 e. The minimum atomic E-state index is -0.136. The first-order chi connectivity index (χ1) is 17.0. The van der Waals surface area contributed by atoms with E-state index < -0.39 is 0 Å². The first-order valence-electron chi connectivity index (χ1n) is 12.6. The average Bonchev–Trinajstić information content (AvgIpc) is 3.37. The molecule has 0 radical (unpaired) electrons. The summed E-state index contributed by atoms with van der Waals surface area (Å²) >= 11 is 0. The van der Waals surface area contributed by atoms with Gasteiger partial charge in [0, 0.05) is 37.5 Å². The Hall–Kier alpha value is -3.37. The van der Waals surface area contributed by atoms with Gasteiger partial charge in [0.15, 0.2) is 0 Å². The van der Waals surface area contributed by atoms with E-state index in [1.165, 1.54) is 5.56 Å². The Balaban J connectivity index is 1.38. The van der Waals surface area contributed by atoms with E-state index in [1.807, 2.05) is 60.0 Å². The molecule has 184 valence electrons. The van der Waals surface area contributed by atoms with Gasteiger partial charge in [-0.2, -0.15) is 5.26 Å². The van der Waals surface area contributed by atoms with Crippen molar-refractivity contribution in [3.8, 4) is 6.07 Å². The van der Waals surface area contributed by atoms with Crippen molar-refractivity contribution in [2.45, 2.75) is 51.5 Å². The van der Waals surface area contributed by atoms with E-state index in [0.29, 0.717) is 49.0 Å². The Bertz CT molecular complexity index is 1080. The molecule has 35 heavy (non-hydrogen) atoms. The molecule has 2 aromatic carbocycles. The Morgan fingerprint density at radius 3 is 2.51 bits per heavy atom. The number of nitrogens with one attached hydrogen (secondary N) is 1. The highest BCUT2D eigenvalue weighted by atomic mass is 16.5. The number of aryl methyl sites for hydroxylation is 1. The van der Waals surface area contributed by atoms with E-state index in [4.69, 9.17) is 10.00 Å². The summed E-state index contributed by atoms with van der Waals surface area (Å²) < 4.78 is 5.55. The van der Waals surface area contributed by atoms with E-state index >= 15 is 0 Å². The predicted octanol–water partition coefficient (Wildman–Crippen LogP) is 4.92. The summed E-state index contributed by atoms with van der Waals surface area (Å²) in [6, 6.07) is 15.4. The van der Waals surface area contributed by atoms with Gasteiger partial charge in [0.05, 0.1) is 24.3 Å². The maximum atomic E-state index is 13.3. The number of benzene rings is 2. The third kappa shape index (κ3) is 5.83. The number of piperidine rings is 1. The molecule has 2 aliphatic heterocycles. The monoisotopic (exact) mass is 474 g/mol. The SMILES string of the molecule is CCOCC1CCCN1C(=O)Nc1cc(C(=O)N2CCC(c3ccc(C#N)cc3)CC2)ccc1C. The number of nitrogens with zero attached hydrogens (tertiary/aromatic N) is 3. The van der Waals surface area contributed by atoms with Crippen molar-refractivity contribution in [1.29, 1.82) is 5.26 Å². The molecule has 0 aliphatic carbocycles. The summed E-state index contributed by atoms with van der Waals surface area (Å²) in [7, 11) is 0. The summed E-state index contributed by atoms with van der Waals surface area (Å²) in [4.78, 5) is 30.0. The molecule has 0 aromatic heterocycles. The van der Waals surface area contributed by atoms with Crippen LogP contribution in [-0.4, -0.2) is 60.6 Å². The number of nitriles is 1. The highest BCUT2D eigenvalue weighted by Crippen LogP contribution is 2.29. The molecule has 1 unspecified atom stereocenters. The maximum absolute atomic E-state index is 13.3. The number of hydrogen-bond acceptors (Lipinski definition) is 4. The van der Waals surface area contributed by atoms with Crippen LogP contribution < -0.4 is 5.32 Å². The van der Waals surface area contributed by atoms with Crippen LogP contribution in [0.3, 0.4) is 0 Å². The van der Waals surface area contributed by atoms with Crippen molar-refractivity contribution in [2.75, 3.05) is 38.2 Å². The summed E-state index contributed by atoms with van der Waals surface area (Å²) in [6.07, 6.45) is 3.71. The second-order valence-electron chi connectivity index (χ2n) is 9.41. The van der Waals surface area contributed by atoms with Gasteiger partial charge in [0.1, 0.15) is 0 Å². The first-order valence-corrected chi connectivity index (χ1v) is 12.6. The number of carbonyl (C=O) groups is 2. The van der Waals surface area contributed by atoms with Crippen LogP contribution in [0.15, 0.2) is 42.5 Å². The molecule has 0 saturated carbocycles. The van der Waals surface area contributed by atoms with Gasteiger partial charge >= 0.3 is 6.03 Å². The number of likely N-dealkylation sites (tertiary alicyclic amines) is 2. The molecule has 2 heterocycles. The van der Waals surface area contributed by atoms with Crippen LogP contribution in [0, 0.1) is 18.3 Å². The zero-order chi connectivity index (χ0) is 24.8. The fraction of sp³-hybridized carbons (Fsp3) is 0.464. The largest absolute Gasteiger partial charge is 0.380 e. The third-order valence-corrected chi connectivity index (χ3v) is 7.17. The lowest BCUT2D eigenvalue weighted by molar-refractivity contribution is 0.0713. The molecule has 2 saturated heterocycles. The molecule has 4 rings (SSSR count). The van der Waals surface area contributed by atoms with Crippen molar-refractivity contribution in [2.24, 2.45) is 0 Å². The van der Waals surface area contributed by atoms with Crippen LogP contribution >= 0.6 is 0 Å². The molecule has 1 atom stereocenters. The summed E-state index contributed by atoms with van der Waals surface area (Å²) in [5.74, 6) is 0.388. The van der Waals surface area contributed by atoms with E-state index in [9.17, 15) is 9.59 Å². The summed E-state index contributed by atoms with van der Waals surface area (Å²) in [5, 5.41) is 12.0. The molecular formula is C28H34N4O3. The van der Waals surface area contributed by atoms with E-state index in [0.717, 1.165) is 37.8 Å². The van der Waals surface area contributed by atoms with Crippen molar-refractivity contribution >= 4 is 17.6 Å². The standard InChI is InChI=1S/C28H34N4O3/c1-3-35-19-25-5-4-14-32(25)28(34)30-26-17-24(9-6-20(26)2)27(33)31-15-12-23(13-16-31)22-10-7-21(18-29)8-11-22/h6-11,17,23,25H,3-5,12-16,19H2,1-2H3,(H,30,34). The second-order valence-corrected chi connectivity index (χ2v) is 9.41. The lowest BCUT2D eigenvalue weighted by Crippen LogP contribution is -2.41. The molecule has 2 fully saturated rings. The molecular weight excluding hydrogens is 440 g/mol. The zero-order valence-corrected chi connectivity index (χ0v) is 20.6. The number of urea groups is 1. The smallest absolute Gasteiger partial charge is 0.322 e. The topological polar surface area (TPSA) is 85.7 Å². The van der Waals surface area contributed by atoms with Gasteiger partial charge in [-0.05, 0) is 80.8 Å². The number of anilines is 1. The first kappa shape index (κ1) is 24.7. The second kappa shape index (κ2) is 11.4. The fourth-order valence-corrected chi connectivity index (χ4v) is 5.04. The highest BCUT2D eigenvalue weighted by Gasteiger charge is 2.29. The third-order valence-electron chi connectivity index (χ3n) is 7.17. The normalized spacial score (nSPS) is 18.4. The molecule has 7 nitrogen and oxygen atoms in total. The van der Waals surface area contributed by atoms with Gasteiger partial charge in [-0.25, -0.2) is 4.79 Å². The van der Waals surface area contributed by atoms with Crippen molar-refractivity contribution in [3.05, 3.63) is 64.7 Å². The molecule has 0 spiro atoms. The van der Waals surface area contributed by atoms with Gasteiger partial charge in [0.2, 0.25) is 0 Å². The van der Waals surface area contributed by atoms with Crippen LogP contribution in [-0.2, 0) is 4.74 Å². The van der Waals surface area contributed by atoms with Crippen LogP contribution in [0.5, 0.6) is 0 Å². The molecule has 7 heteroatoms. The fourth-order valence-electron chi connectivity index (χ4n) is 5.04. The molecule has 1 N–H and O–H groups in total. The average molecular weight is 475 g/mol. The Kier molecular flexibility index (Phi) is 8.04. The number of hydrogen-bond donors (Lipinski definition) is 1. The lowest BCUT2D eigenvalue weighted by atomic mass is 9.89. The van der Waals surface area contributed by atoms with E-state index in [1.54, 1.807) is 6.07 Å². The van der Waals surface area contributed by atoms with E-state index in [2.05, 4.69) is 11.4 Å². The van der Waals surface area contributed by atoms with Gasteiger partial charge in [0.25, 0.3) is 5.91 Å². The summed E-state index contributed by atoms with van der Waals surface area (Å²) in [5.41, 5.74) is 4.08. The molecule has 0 bridgehead atoms. The quantitative estimate of drug-likeness (QED) is 0.644. The Labute approximate surface area is 207 Å². The number of ether oxygens (including phenoxy) is 1. The minimum absolute atomic E-state index is 0.00540. The van der Waals surface area contributed by atoms with Crippen molar-refractivity contribution < 1.29 is 14.3 Å². The lowest BCUT2D eigenvalue weighted by Gasteiger charge is -2.32. The van der Waals surface area contributed by atoms with Gasteiger partial charge in [-0.3, -0.25) is 4.79 Å². The molecule has 3 amide bonds. The predicted molar refractivity (Wildman–Crippen MR) is 135 cm³/mol.